The van der Waals surface area contributed by atoms with Gasteiger partial charge in [-0.05, 0) is 26.2 Å². The van der Waals surface area contributed by atoms with Crippen molar-refractivity contribution in [3.05, 3.63) is 11.6 Å². The minimum Gasteiger partial charge on any atom is -0.481 e. The fourth-order valence-corrected chi connectivity index (χ4v) is 1.71. The lowest BCUT2D eigenvalue weighted by atomic mass is 10.3. The lowest BCUT2D eigenvalue weighted by molar-refractivity contribution is -0.137. The molecule has 0 aliphatic heterocycles. The zero-order chi connectivity index (χ0) is 10.8. The van der Waals surface area contributed by atoms with E-state index in [-0.39, 0.29) is 6.42 Å². The Labute approximate surface area is 88.1 Å². The van der Waals surface area contributed by atoms with Gasteiger partial charge in [0, 0.05) is 18.9 Å². The third kappa shape index (κ3) is 2.34. The van der Waals surface area contributed by atoms with Crippen LogP contribution in [0.5, 0.6) is 0 Å². The van der Waals surface area contributed by atoms with E-state index in [9.17, 15) is 4.79 Å². The number of rotatable bonds is 5. The van der Waals surface area contributed by atoms with Crippen molar-refractivity contribution >= 4 is 5.97 Å². The largest absolute Gasteiger partial charge is 0.481 e. The summed E-state index contributed by atoms with van der Waals surface area (Å²) < 4.78 is 2.06. The number of aromatic nitrogens is 3. The summed E-state index contributed by atoms with van der Waals surface area (Å²) in [5.74, 6) is 1.75. The fraction of sp³-hybridized carbons (Fsp3) is 0.700. The Morgan fingerprint density at radius 1 is 1.53 bits per heavy atom. The van der Waals surface area contributed by atoms with Gasteiger partial charge in [0.2, 0.25) is 0 Å². The molecule has 0 amide bonds. The highest BCUT2D eigenvalue weighted by molar-refractivity contribution is 5.66. The van der Waals surface area contributed by atoms with E-state index >= 15 is 0 Å². The molecule has 1 saturated carbocycles. The van der Waals surface area contributed by atoms with Crippen LogP contribution >= 0.6 is 0 Å². The third-order valence-corrected chi connectivity index (χ3v) is 2.68. The van der Waals surface area contributed by atoms with E-state index in [1.807, 2.05) is 6.92 Å². The predicted octanol–water partition coefficient (Wildman–Crippen LogP) is 1.33. The van der Waals surface area contributed by atoms with Crippen LogP contribution in [0.15, 0.2) is 0 Å². The molecule has 1 heterocycles. The molecule has 0 spiro atoms. The number of carbonyl (C=O) groups is 1. The summed E-state index contributed by atoms with van der Waals surface area (Å²) in [6, 6.07) is 0. The molecule has 0 bridgehead atoms. The molecular formula is C10H15N3O2. The molecule has 1 aromatic heterocycles. The second-order valence-corrected chi connectivity index (χ2v) is 4.03. The Morgan fingerprint density at radius 2 is 2.27 bits per heavy atom. The fourth-order valence-electron chi connectivity index (χ4n) is 1.71. The molecule has 1 N–H and O–H groups in total. The highest BCUT2D eigenvalue weighted by atomic mass is 16.4. The summed E-state index contributed by atoms with van der Waals surface area (Å²) >= 11 is 0. The van der Waals surface area contributed by atoms with Gasteiger partial charge in [0.25, 0.3) is 0 Å². The molecule has 0 radical (unpaired) electrons. The van der Waals surface area contributed by atoms with Crippen LogP contribution in [0.2, 0.25) is 0 Å². The second kappa shape index (κ2) is 4.00. The summed E-state index contributed by atoms with van der Waals surface area (Å²) in [6.07, 6.45) is 3.24. The van der Waals surface area contributed by atoms with Crippen LogP contribution in [-0.2, 0) is 11.3 Å². The van der Waals surface area contributed by atoms with Crippen molar-refractivity contribution in [3.8, 4) is 0 Å². The monoisotopic (exact) mass is 209 g/mol. The number of hydrogen-bond donors (Lipinski definition) is 1. The highest BCUT2D eigenvalue weighted by Crippen LogP contribution is 2.39. The molecule has 1 fully saturated rings. The van der Waals surface area contributed by atoms with Gasteiger partial charge in [0.05, 0.1) is 0 Å². The number of aryl methyl sites for hydroxylation is 1. The van der Waals surface area contributed by atoms with E-state index in [4.69, 9.17) is 5.11 Å². The Bertz CT molecular complexity index is 369. The van der Waals surface area contributed by atoms with Gasteiger partial charge < -0.3 is 9.67 Å². The average molecular weight is 209 g/mol. The van der Waals surface area contributed by atoms with Crippen molar-refractivity contribution < 1.29 is 9.90 Å². The van der Waals surface area contributed by atoms with E-state index in [0.29, 0.717) is 12.3 Å². The van der Waals surface area contributed by atoms with Crippen molar-refractivity contribution in [2.75, 3.05) is 0 Å². The number of hydrogen-bond acceptors (Lipinski definition) is 3. The van der Waals surface area contributed by atoms with E-state index in [0.717, 1.165) is 18.2 Å². The lowest BCUT2D eigenvalue weighted by Crippen LogP contribution is -2.07. The number of carboxylic acids is 1. The summed E-state index contributed by atoms with van der Waals surface area (Å²) in [7, 11) is 0. The van der Waals surface area contributed by atoms with E-state index < -0.39 is 5.97 Å². The Hall–Kier alpha value is -1.39. The van der Waals surface area contributed by atoms with Gasteiger partial charge in [-0.3, -0.25) is 4.79 Å². The summed E-state index contributed by atoms with van der Waals surface area (Å²) in [5.41, 5.74) is 0. The van der Waals surface area contributed by atoms with Crippen LogP contribution in [0.4, 0.5) is 0 Å². The van der Waals surface area contributed by atoms with Crippen molar-refractivity contribution in [1.29, 1.82) is 0 Å². The van der Waals surface area contributed by atoms with Crippen LogP contribution in [0.1, 0.15) is 43.3 Å². The topological polar surface area (TPSA) is 68.0 Å². The first kappa shape index (κ1) is 10.1. The van der Waals surface area contributed by atoms with Gasteiger partial charge in [-0.2, -0.15) is 0 Å². The van der Waals surface area contributed by atoms with E-state index in [1.165, 1.54) is 12.8 Å². The summed E-state index contributed by atoms with van der Waals surface area (Å²) in [4.78, 5) is 10.4. The minimum atomic E-state index is -0.742. The van der Waals surface area contributed by atoms with Crippen LogP contribution in [0, 0.1) is 6.92 Å². The molecule has 1 aliphatic carbocycles. The first-order valence-corrected chi connectivity index (χ1v) is 5.30. The molecular weight excluding hydrogens is 194 g/mol. The molecule has 0 aromatic carbocycles. The predicted molar refractivity (Wildman–Crippen MR) is 53.6 cm³/mol. The molecule has 0 atom stereocenters. The molecule has 5 nitrogen and oxygen atoms in total. The third-order valence-electron chi connectivity index (χ3n) is 2.68. The molecule has 5 heteroatoms. The van der Waals surface area contributed by atoms with Gasteiger partial charge in [-0.25, -0.2) is 0 Å². The molecule has 1 aliphatic rings. The van der Waals surface area contributed by atoms with E-state index in [2.05, 4.69) is 14.8 Å². The second-order valence-electron chi connectivity index (χ2n) is 4.03. The highest BCUT2D eigenvalue weighted by Gasteiger charge is 2.29. The van der Waals surface area contributed by atoms with Crippen LogP contribution in [-0.4, -0.2) is 25.8 Å². The van der Waals surface area contributed by atoms with Crippen molar-refractivity contribution in [2.45, 2.75) is 45.1 Å². The molecule has 0 saturated heterocycles. The Morgan fingerprint density at radius 3 is 2.87 bits per heavy atom. The summed E-state index contributed by atoms with van der Waals surface area (Å²) in [5, 5.41) is 16.7. The Balaban J connectivity index is 1.99. The normalized spacial score (nSPS) is 15.5. The van der Waals surface area contributed by atoms with Crippen molar-refractivity contribution in [3.63, 3.8) is 0 Å². The van der Waals surface area contributed by atoms with Gasteiger partial charge >= 0.3 is 5.97 Å². The average Bonchev–Trinajstić information content (AvgIpc) is 2.94. The van der Waals surface area contributed by atoms with E-state index in [1.54, 1.807) is 0 Å². The number of aliphatic carboxylic acids is 1. The Kier molecular flexibility index (Phi) is 2.70. The smallest absolute Gasteiger partial charge is 0.303 e. The van der Waals surface area contributed by atoms with Crippen LogP contribution in [0.25, 0.3) is 0 Å². The van der Waals surface area contributed by atoms with Gasteiger partial charge in [-0.15, -0.1) is 10.2 Å². The van der Waals surface area contributed by atoms with Crippen molar-refractivity contribution in [2.24, 2.45) is 0 Å². The minimum absolute atomic E-state index is 0.210. The first-order valence-electron chi connectivity index (χ1n) is 5.30. The molecule has 1 aromatic rings. The maximum absolute atomic E-state index is 10.4. The molecule has 0 unspecified atom stereocenters. The number of nitrogens with zero attached hydrogens (tertiary/aromatic N) is 3. The first-order chi connectivity index (χ1) is 7.18. The lowest BCUT2D eigenvalue weighted by Gasteiger charge is -2.06. The SMILES string of the molecule is Cc1nnc(C2CC2)n1CCCC(=O)O. The van der Waals surface area contributed by atoms with Crippen LogP contribution < -0.4 is 0 Å². The van der Waals surface area contributed by atoms with Gasteiger partial charge in [-0.1, -0.05) is 0 Å². The standard InChI is InChI=1S/C10H15N3O2/c1-7-11-12-10(8-4-5-8)13(7)6-2-3-9(14)15/h8H,2-6H2,1H3,(H,14,15). The number of carboxylic acid groups (broad SMARTS) is 1. The maximum Gasteiger partial charge on any atom is 0.303 e. The summed E-state index contributed by atoms with van der Waals surface area (Å²) in [6.45, 7) is 2.64. The van der Waals surface area contributed by atoms with Crippen molar-refractivity contribution in [1.82, 2.24) is 14.8 Å². The van der Waals surface area contributed by atoms with Crippen LogP contribution in [0.3, 0.4) is 0 Å². The molecule has 82 valence electrons. The zero-order valence-electron chi connectivity index (χ0n) is 8.81. The molecule has 2 rings (SSSR count). The maximum atomic E-state index is 10.4. The zero-order valence-corrected chi connectivity index (χ0v) is 8.81. The molecule has 15 heavy (non-hydrogen) atoms. The van der Waals surface area contributed by atoms with Gasteiger partial charge in [0.15, 0.2) is 0 Å². The quantitative estimate of drug-likeness (QED) is 0.794. The van der Waals surface area contributed by atoms with Gasteiger partial charge in [0.1, 0.15) is 11.6 Å².